The maximum atomic E-state index is 9.64. The molecular weight excluding hydrogens is 314 g/mol. The highest BCUT2D eigenvalue weighted by molar-refractivity contribution is 5.79. The van der Waals surface area contributed by atoms with E-state index >= 15 is 0 Å². The van der Waals surface area contributed by atoms with E-state index in [-0.39, 0.29) is 12.5 Å². The van der Waals surface area contributed by atoms with Crippen molar-refractivity contribution in [3.05, 3.63) is 59.8 Å². The van der Waals surface area contributed by atoms with Crippen molar-refractivity contribution in [1.82, 2.24) is 15.6 Å². The van der Waals surface area contributed by atoms with E-state index in [4.69, 9.17) is 0 Å². The van der Waals surface area contributed by atoms with Crippen molar-refractivity contribution in [3.63, 3.8) is 0 Å². The van der Waals surface area contributed by atoms with Gasteiger partial charge in [-0.2, -0.15) is 0 Å². The Morgan fingerprint density at radius 1 is 1.20 bits per heavy atom. The van der Waals surface area contributed by atoms with Crippen LogP contribution < -0.4 is 15.5 Å². The van der Waals surface area contributed by atoms with Gasteiger partial charge in [-0.3, -0.25) is 4.99 Å². The molecule has 2 rings (SSSR count). The first-order valence-electron chi connectivity index (χ1n) is 8.36. The van der Waals surface area contributed by atoms with E-state index in [1.165, 1.54) is 0 Å². The van der Waals surface area contributed by atoms with Gasteiger partial charge < -0.3 is 20.6 Å². The molecule has 6 heteroatoms. The minimum Gasteiger partial charge on any atom is -0.396 e. The number of anilines is 1. The predicted octanol–water partition coefficient (Wildman–Crippen LogP) is 1.59. The van der Waals surface area contributed by atoms with Crippen molar-refractivity contribution >= 4 is 11.8 Å². The summed E-state index contributed by atoms with van der Waals surface area (Å²) >= 11 is 0. The number of aromatic nitrogens is 1. The lowest BCUT2D eigenvalue weighted by molar-refractivity contribution is 0.265. The molecule has 1 aromatic heterocycles. The molecule has 0 aliphatic rings. The Labute approximate surface area is 149 Å². The smallest absolute Gasteiger partial charge is 0.191 e. The summed E-state index contributed by atoms with van der Waals surface area (Å²) in [5, 5.41) is 16.2. The molecule has 0 saturated heterocycles. The van der Waals surface area contributed by atoms with E-state index in [2.05, 4.69) is 20.6 Å². The zero-order valence-electron chi connectivity index (χ0n) is 15.1. The van der Waals surface area contributed by atoms with Crippen LogP contribution in [0.1, 0.15) is 17.0 Å². The molecule has 1 atom stereocenters. The number of nitrogens with zero attached hydrogens (tertiary/aromatic N) is 3. The Morgan fingerprint density at radius 3 is 2.60 bits per heavy atom. The fraction of sp³-hybridized carbons (Fsp3) is 0.368. The average molecular weight is 341 g/mol. The molecule has 1 aromatic carbocycles. The topological polar surface area (TPSA) is 72.8 Å². The van der Waals surface area contributed by atoms with Gasteiger partial charge in [-0.1, -0.05) is 30.3 Å². The summed E-state index contributed by atoms with van der Waals surface area (Å²) in [7, 11) is 5.68. The van der Waals surface area contributed by atoms with Gasteiger partial charge in [-0.05, 0) is 23.3 Å². The van der Waals surface area contributed by atoms with Crippen LogP contribution in [0.3, 0.4) is 0 Å². The Hall–Kier alpha value is -2.60. The highest BCUT2D eigenvalue weighted by Gasteiger charge is 2.10. The molecule has 25 heavy (non-hydrogen) atoms. The summed E-state index contributed by atoms with van der Waals surface area (Å²) < 4.78 is 0. The zero-order valence-corrected chi connectivity index (χ0v) is 15.1. The minimum absolute atomic E-state index is 0.0287. The number of aliphatic hydroxyl groups excluding tert-OH is 1. The van der Waals surface area contributed by atoms with E-state index in [1.807, 2.05) is 61.5 Å². The van der Waals surface area contributed by atoms with Gasteiger partial charge in [0.25, 0.3) is 0 Å². The molecule has 0 amide bonds. The van der Waals surface area contributed by atoms with Crippen molar-refractivity contribution < 1.29 is 5.11 Å². The summed E-state index contributed by atoms with van der Waals surface area (Å²) in [5.74, 6) is 1.66. The number of guanidine groups is 1. The van der Waals surface area contributed by atoms with Crippen LogP contribution in [-0.2, 0) is 6.54 Å². The summed E-state index contributed by atoms with van der Waals surface area (Å²) in [5.41, 5.74) is 2.24. The van der Waals surface area contributed by atoms with Crippen molar-refractivity contribution in [2.24, 2.45) is 4.99 Å². The van der Waals surface area contributed by atoms with Crippen molar-refractivity contribution in [3.8, 4) is 0 Å². The lowest BCUT2D eigenvalue weighted by Gasteiger charge is -2.18. The van der Waals surface area contributed by atoms with Crippen LogP contribution in [0.4, 0.5) is 5.82 Å². The number of pyridine rings is 1. The summed E-state index contributed by atoms with van der Waals surface area (Å²) in [6.45, 7) is 1.35. The lowest BCUT2D eigenvalue weighted by atomic mass is 10.0. The number of benzene rings is 1. The van der Waals surface area contributed by atoms with Gasteiger partial charge in [-0.25, -0.2) is 4.98 Å². The molecular formula is C19H27N5O. The molecule has 0 saturated carbocycles. The number of aliphatic hydroxyl groups is 1. The van der Waals surface area contributed by atoms with E-state index < -0.39 is 0 Å². The van der Waals surface area contributed by atoms with Crippen LogP contribution in [-0.4, -0.2) is 50.3 Å². The normalized spacial score (nSPS) is 12.6. The molecule has 0 aliphatic carbocycles. The molecule has 1 unspecified atom stereocenters. The van der Waals surface area contributed by atoms with E-state index in [0.29, 0.717) is 19.0 Å². The van der Waals surface area contributed by atoms with Crippen LogP contribution in [0.2, 0.25) is 0 Å². The summed E-state index contributed by atoms with van der Waals surface area (Å²) in [6.07, 6.45) is 1.81. The predicted molar refractivity (Wildman–Crippen MR) is 103 cm³/mol. The van der Waals surface area contributed by atoms with Crippen LogP contribution in [0.5, 0.6) is 0 Å². The van der Waals surface area contributed by atoms with Gasteiger partial charge in [0.2, 0.25) is 0 Å². The molecule has 1 heterocycles. The number of nitrogens with one attached hydrogen (secondary N) is 2. The number of aliphatic imine (C=N–C) groups is 1. The molecule has 0 aliphatic heterocycles. The van der Waals surface area contributed by atoms with Crippen LogP contribution in [0, 0.1) is 0 Å². The second-order valence-electron chi connectivity index (χ2n) is 6.01. The fourth-order valence-corrected chi connectivity index (χ4v) is 2.45. The molecule has 0 spiro atoms. The van der Waals surface area contributed by atoms with Gasteiger partial charge in [0, 0.05) is 46.3 Å². The SMILES string of the molecule is CN=C(NCc1ccnc(N(C)C)c1)NCC(CO)c1ccccc1. The minimum atomic E-state index is 0.0287. The van der Waals surface area contributed by atoms with Crippen LogP contribution in [0.25, 0.3) is 0 Å². The van der Waals surface area contributed by atoms with Crippen LogP contribution >= 0.6 is 0 Å². The monoisotopic (exact) mass is 341 g/mol. The zero-order chi connectivity index (χ0) is 18.1. The highest BCUT2D eigenvalue weighted by Crippen LogP contribution is 2.13. The summed E-state index contributed by atoms with van der Waals surface area (Å²) in [6, 6.07) is 14.0. The molecule has 3 N–H and O–H groups in total. The third-order valence-corrected chi connectivity index (χ3v) is 3.96. The van der Waals surface area contributed by atoms with E-state index in [0.717, 1.165) is 16.9 Å². The third kappa shape index (κ3) is 5.76. The Kier molecular flexibility index (Phi) is 7.22. The van der Waals surface area contributed by atoms with Gasteiger partial charge in [0.15, 0.2) is 5.96 Å². The van der Waals surface area contributed by atoms with Crippen molar-refractivity contribution in [2.75, 3.05) is 39.2 Å². The van der Waals surface area contributed by atoms with Crippen LogP contribution in [0.15, 0.2) is 53.7 Å². The summed E-state index contributed by atoms with van der Waals surface area (Å²) in [4.78, 5) is 10.5. The highest BCUT2D eigenvalue weighted by atomic mass is 16.3. The first-order chi connectivity index (χ1) is 12.1. The number of rotatable bonds is 7. The van der Waals surface area contributed by atoms with Crippen molar-refractivity contribution in [2.45, 2.75) is 12.5 Å². The number of hydrogen-bond donors (Lipinski definition) is 3. The van der Waals surface area contributed by atoms with Gasteiger partial charge >= 0.3 is 0 Å². The maximum absolute atomic E-state index is 9.64. The lowest BCUT2D eigenvalue weighted by Crippen LogP contribution is -2.39. The standard InChI is InChI=1S/C19H27N5O/c1-20-19(22-12-15-9-10-21-18(11-15)24(2)3)23-13-17(14-25)16-7-5-4-6-8-16/h4-11,17,25H,12-14H2,1-3H3,(H2,20,22,23). The molecule has 2 aromatic rings. The van der Waals surface area contributed by atoms with Gasteiger partial charge in [0.1, 0.15) is 5.82 Å². The second kappa shape index (κ2) is 9.64. The van der Waals surface area contributed by atoms with E-state index in [1.54, 1.807) is 13.2 Å². The molecule has 0 fully saturated rings. The largest absolute Gasteiger partial charge is 0.396 e. The first-order valence-corrected chi connectivity index (χ1v) is 8.36. The molecule has 6 nitrogen and oxygen atoms in total. The number of hydrogen-bond acceptors (Lipinski definition) is 4. The molecule has 0 radical (unpaired) electrons. The Bertz CT molecular complexity index is 673. The van der Waals surface area contributed by atoms with Gasteiger partial charge in [0.05, 0.1) is 6.61 Å². The van der Waals surface area contributed by atoms with Crippen molar-refractivity contribution in [1.29, 1.82) is 0 Å². The second-order valence-corrected chi connectivity index (χ2v) is 6.01. The third-order valence-electron chi connectivity index (χ3n) is 3.96. The molecule has 0 bridgehead atoms. The molecule has 134 valence electrons. The fourth-order valence-electron chi connectivity index (χ4n) is 2.45. The van der Waals surface area contributed by atoms with E-state index in [9.17, 15) is 5.11 Å². The first kappa shape index (κ1) is 18.7. The average Bonchev–Trinajstić information content (AvgIpc) is 2.65. The quantitative estimate of drug-likeness (QED) is 0.527. The Morgan fingerprint density at radius 2 is 1.96 bits per heavy atom. The van der Waals surface area contributed by atoms with Gasteiger partial charge in [-0.15, -0.1) is 0 Å². The maximum Gasteiger partial charge on any atom is 0.191 e. The Balaban J connectivity index is 1.89.